The van der Waals surface area contributed by atoms with Crippen molar-refractivity contribution in [1.82, 2.24) is 5.43 Å². The number of hydrogen-bond acceptors (Lipinski definition) is 5. The second-order valence-corrected chi connectivity index (χ2v) is 7.37. The minimum absolute atomic E-state index is 0.137. The fraction of sp³-hybridized carbons (Fsp3) is 0.0870. The number of hydrazone groups is 1. The minimum atomic E-state index is -1.00. The number of hydrogen-bond donors (Lipinski definition) is 2. The van der Waals surface area contributed by atoms with Gasteiger partial charge in [0.15, 0.2) is 0 Å². The number of para-hydroxylation sites is 2. The molecule has 10 heteroatoms. The Morgan fingerprint density at radius 1 is 1.03 bits per heavy atom. The average molecular weight is 490 g/mol. The lowest BCUT2D eigenvalue weighted by molar-refractivity contribution is -0.136. The van der Waals surface area contributed by atoms with Crippen molar-refractivity contribution in [1.29, 1.82) is 0 Å². The normalized spacial score (nSPS) is 10.7. The summed E-state index contributed by atoms with van der Waals surface area (Å²) in [7, 11) is 1.44. The molecule has 0 aromatic heterocycles. The molecule has 3 aromatic carbocycles. The molecular weight excluding hydrogens is 472 g/mol. The van der Waals surface area contributed by atoms with E-state index in [0.29, 0.717) is 27.8 Å². The molecule has 33 heavy (non-hydrogen) atoms. The third-order valence-electron chi connectivity index (χ3n) is 4.34. The number of nitrogens with one attached hydrogen (secondary N) is 2. The number of methoxy groups -OCH3 is 1. The summed E-state index contributed by atoms with van der Waals surface area (Å²) in [6.45, 7) is -0.137. The van der Waals surface area contributed by atoms with Crippen LogP contribution in [-0.2, 0) is 16.2 Å². The van der Waals surface area contributed by atoms with Gasteiger partial charge < -0.3 is 14.8 Å². The minimum Gasteiger partial charge on any atom is -0.495 e. The van der Waals surface area contributed by atoms with Gasteiger partial charge in [0.2, 0.25) is 0 Å². The van der Waals surface area contributed by atoms with Crippen LogP contribution in [0.5, 0.6) is 11.5 Å². The van der Waals surface area contributed by atoms with Gasteiger partial charge in [-0.2, -0.15) is 5.10 Å². The van der Waals surface area contributed by atoms with Crippen LogP contribution in [0.25, 0.3) is 0 Å². The lowest BCUT2D eigenvalue weighted by Gasteiger charge is -2.11. The van der Waals surface area contributed by atoms with E-state index >= 15 is 0 Å². The van der Waals surface area contributed by atoms with Crippen molar-refractivity contribution in [2.75, 3.05) is 12.4 Å². The SMILES string of the molecule is COc1ccccc1NC(=O)C(=O)N/N=C\c1cc(Cl)ccc1OCc1c(F)cccc1Cl. The Labute approximate surface area is 199 Å². The van der Waals surface area contributed by atoms with E-state index in [4.69, 9.17) is 32.7 Å². The molecule has 0 saturated carbocycles. The van der Waals surface area contributed by atoms with Crippen molar-refractivity contribution in [2.24, 2.45) is 5.10 Å². The molecule has 0 heterocycles. The number of ether oxygens (including phenoxy) is 2. The monoisotopic (exact) mass is 489 g/mol. The Balaban J connectivity index is 1.66. The van der Waals surface area contributed by atoms with E-state index < -0.39 is 17.6 Å². The fourth-order valence-electron chi connectivity index (χ4n) is 2.71. The molecule has 3 rings (SSSR count). The molecule has 0 unspecified atom stereocenters. The molecule has 0 aliphatic rings. The summed E-state index contributed by atoms with van der Waals surface area (Å²) in [5.41, 5.74) is 3.04. The zero-order valence-electron chi connectivity index (χ0n) is 17.3. The molecule has 2 N–H and O–H groups in total. The van der Waals surface area contributed by atoms with Crippen LogP contribution in [0.15, 0.2) is 65.8 Å². The van der Waals surface area contributed by atoms with Crippen LogP contribution in [0.3, 0.4) is 0 Å². The first kappa shape index (κ1) is 24.0. The van der Waals surface area contributed by atoms with Crippen LogP contribution in [0.1, 0.15) is 11.1 Å². The van der Waals surface area contributed by atoms with E-state index in [1.54, 1.807) is 42.5 Å². The van der Waals surface area contributed by atoms with Gasteiger partial charge in [-0.1, -0.05) is 41.4 Å². The molecule has 0 bridgehead atoms. The zero-order valence-corrected chi connectivity index (χ0v) is 18.8. The van der Waals surface area contributed by atoms with Crippen LogP contribution >= 0.6 is 23.2 Å². The Hall–Kier alpha value is -3.62. The number of carbonyl (C=O) groups excluding carboxylic acids is 2. The summed E-state index contributed by atoms with van der Waals surface area (Å²) >= 11 is 12.1. The number of amides is 2. The lowest BCUT2D eigenvalue weighted by atomic mass is 10.2. The van der Waals surface area contributed by atoms with Crippen LogP contribution in [0, 0.1) is 5.82 Å². The zero-order chi connectivity index (χ0) is 23.8. The Kier molecular flexibility index (Phi) is 8.23. The van der Waals surface area contributed by atoms with Gasteiger partial charge in [0, 0.05) is 16.1 Å². The van der Waals surface area contributed by atoms with Gasteiger partial charge in [0.25, 0.3) is 0 Å². The summed E-state index contributed by atoms with van der Waals surface area (Å²) in [5.74, 6) is -1.72. The summed E-state index contributed by atoms with van der Waals surface area (Å²) in [6, 6.07) is 15.6. The van der Waals surface area contributed by atoms with Crippen molar-refractivity contribution in [3.05, 3.63) is 87.7 Å². The van der Waals surface area contributed by atoms with E-state index in [2.05, 4.69) is 15.8 Å². The van der Waals surface area contributed by atoms with Gasteiger partial charge in [-0.15, -0.1) is 0 Å². The Bertz CT molecular complexity index is 1180. The van der Waals surface area contributed by atoms with Gasteiger partial charge in [-0.3, -0.25) is 9.59 Å². The number of benzene rings is 3. The van der Waals surface area contributed by atoms with Crippen LogP contribution in [-0.4, -0.2) is 25.1 Å². The molecular formula is C23H18Cl2FN3O4. The van der Waals surface area contributed by atoms with Crippen molar-refractivity contribution in [3.8, 4) is 11.5 Å². The molecule has 0 radical (unpaired) electrons. The summed E-state index contributed by atoms with van der Waals surface area (Å²) in [4.78, 5) is 24.2. The quantitative estimate of drug-likeness (QED) is 0.283. The Morgan fingerprint density at radius 2 is 1.82 bits per heavy atom. The van der Waals surface area contributed by atoms with Gasteiger partial charge in [0.1, 0.15) is 23.9 Å². The van der Waals surface area contributed by atoms with E-state index in [-0.39, 0.29) is 17.2 Å². The highest BCUT2D eigenvalue weighted by molar-refractivity contribution is 6.39. The summed E-state index contributed by atoms with van der Waals surface area (Å²) in [5, 5.41) is 6.83. The number of carbonyl (C=O) groups is 2. The molecule has 0 saturated heterocycles. The molecule has 2 amide bonds. The first-order valence-corrected chi connectivity index (χ1v) is 10.3. The second kappa shape index (κ2) is 11.3. The van der Waals surface area contributed by atoms with Gasteiger partial charge >= 0.3 is 11.8 Å². The average Bonchev–Trinajstić information content (AvgIpc) is 2.80. The van der Waals surface area contributed by atoms with Gasteiger partial charge in [-0.05, 0) is 42.5 Å². The Morgan fingerprint density at radius 3 is 2.58 bits per heavy atom. The standard InChI is InChI=1S/C23H18Cl2FN3O4/c1-32-21-8-3-2-7-19(21)28-22(30)23(31)29-27-12-14-11-15(24)9-10-20(14)33-13-16-17(25)5-4-6-18(16)26/h2-12H,13H2,1H3,(H,28,30)(H,29,31)/b27-12-. The lowest BCUT2D eigenvalue weighted by Crippen LogP contribution is -2.32. The first-order valence-electron chi connectivity index (χ1n) is 9.51. The maximum absolute atomic E-state index is 14.0. The molecule has 0 atom stereocenters. The highest BCUT2D eigenvalue weighted by Crippen LogP contribution is 2.25. The predicted octanol–water partition coefficient (Wildman–Crippen LogP) is 4.81. The number of nitrogens with zero attached hydrogens (tertiary/aromatic N) is 1. The molecule has 0 fully saturated rings. The predicted molar refractivity (Wildman–Crippen MR) is 125 cm³/mol. The second-order valence-electron chi connectivity index (χ2n) is 6.52. The van der Waals surface area contributed by atoms with Crippen molar-refractivity contribution < 1.29 is 23.5 Å². The molecule has 7 nitrogen and oxygen atoms in total. The van der Waals surface area contributed by atoms with Gasteiger partial charge in [0.05, 0.1) is 24.0 Å². The molecule has 3 aromatic rings. The van der Waals surface area contributed by atoms with E-state index in [1.165, 1.54) is 31.5 Å². The van der Waals surface area contributed by atoms with Crippen LogP contribution < -0.4 is 20.2 Å². The molecule has 0 spiro atoms. The van der Waals surface area contributed by atoms with E-state index in [0.717, 1.165) is 0 Å². The first-order chi connectivity index (χ1) is 15.9. The number of halogens is 3. The van der Waals surface area contributed by atoms with E-state index in [9.17, 15) is 14.0 Å². The topological polar surface area (TPSA) is 89.0 Å². The molecule has 0 aliphatic carbocycles. The maximum Gasteiger partial charge on any atom is 0.329 e. The van der Waals surface area contributed by atoms with Crippen LogP contribution in [0.4, 0.5) is 10.1 Å². The third kappa shape index (κ3) is 6.44. The molecule has 170 valence electrons. The fourth-order valence-corrected chi connectivity index (χ4v) is 3.11. The van der Waals surface area contributed by atoms with Crippen LogP contribution in [0.2, 0.25) is 10.0 Å². The number of rotatable bonds is 7. The largest absolute Gasteiger partial charge is 0.495 e. The van der Waals surface area contributed by atoms with E-state index in [1.807, 2.05) is 0 Å². The summed E-state index contributed by atoms with van der Waals surface area (Å²) < 4.78 is 24.8. The maximum atomic E-state index is 14.0. The van der Waals surface area contributed by atoms with Crippen molar-refractivity contribution >= 4 is 46.9 Å². The van der Waals surface area contributed by atoms with Gasteiger partial charge in [-0.25, -0.2) is 9.82 Å². The number of anilines is 1. The van der Waals surface area contributed by atoms with Crippen molar-refractivity contribution in [3.63, 3.8) is 0 Å². The molecule has 0 aliphatic heterocycles. The highest BCUT2D eigenvalue weighted by Gasteiger charge is 2.15. The summed E-state index contributed by atoms with van der Waals surface area (Å²) in [6.07, 6.45) is 1.25. The highest BCUT2D eigenvalue weighted by atomic mass is 35.5. The third-order valence-corrected chi connectivity index (χ3v) is 4.93. The smallest absolute Gasteiger partial charge is 0.329 e. The van der Waals surface area contributed by atoms with Crippen molar-refractivity contribution in [2.45, 2.75) is 6.61 Å².